The number of nitrogens with zero attached hydrogens (tertiary/aromatic N) is 1. The fourth-order valence-corrected chi connectivity index (χ4v) is 2.71. The van der Waals surface area contributed by atoms with Crippen molar-refractivity contribution in [1.29, 1.82) is 0 Å². The first-order valence-electron chi connectivity index (χ1n) is 8.77. The van der Waals surface area contributed by atoms with E-state index in [-0.39, 0.29) is 5.91 Å². The maximum absolute atomic E-state index is 12.2. The lowest BCUT2D eigenvalue weighted by atomic mass is 10.0. The van der Waals surface area contributed by atoms with Crippen LogP contribution in [0.15, 0.2) is 71.8 Å². The van der Waals surface area contributed by atoms with Gasteiger partial charge in [0.05, 0.1) is 19.2 Å². The van der Waals surface area contributed by atoms with E-state index in [1.165, 1.54) is 0 Å². The second-order valence-electron chi connectivity index (χ2n) is 6.03. The predicted molar refractivity (Wildman–Crippen MR) is 106 cm³/mol. The molecule has 3 aromatic rings. The van der Waals surface area contributed by atoms with Crippen molar-refractivity contribution in [1.82, 2.24) is 5.43 Å². The molecular weight excluding hydrogens is 324 g/mol. The van der Waals surface area contributed by atoms with E-state index in [0.29, 0.717) is 13.0 Å². The zero-order chi connectivity index (χ0) is 18.2. The van der Waals surface area contributed by atoms with E-state index in [0.717, 1.165) is 34.1 Å². The molecule has 4 heteroatoms. The van der Waals surface area contributed by atoms with Crippen molar-refractivity contribution in [3.63, 3.8) is 0 Å². The van der Waals surface area contributed by atoms with E-state index in [1.54, 1.807) is 6.21 Å². The Morgan fingerprint density at radius 2 is 1.81 bits per heavy atom. The summed E-state index contributed by atoms with van der Waals surface area (Å²) in [6.45, 7) is 2.78. The highest BCUT2D eigenvalue weighted by molar-refractivity contribution is 5.90. The molecule has 1 amide bonds. The van der Waals surface area contributed by atoms with Crippen LogP contribution < -0.4 is 10.2 Å². The third-order valence-electron chi connectivity index (χ3n) is 3.99. The highest BCUT2D eigenvalue weighted by atomic mass is 16.5. The Morgan fingerprint density at radius 3 is 2.62 bits per heavy atom. The van der Waals surface area contributed by atoms with Crippen molar-refractivity contribution in [3.05, 3.63) is 77.9 Å². The van der Waals surface area contributed by atoms with Gasteiger partial charge in [0.2, 0.25) is 5.91 Å². The van der Waals surface area contributed by atoms with Gasteiger partial charge in [-0.25, -0.2) is 5.43 Å². The molecule has 0 heterocycles. The van der Waals surface area contributed by atoms with Crippen LogP contribution >= 0.6 is 0 Å². The van der Waals surface area contributed by atoms with Crippen molar-refractivity contribution < 1.29 is 9.53 Å². The van der Waals surface area contributed by atoms with Crippen LogP contribution in [-0.2, 0) is 11.2 Å². The van der Waals surface area contributed by atoms with Crippen LogP contribution in [0.5, 0.6) is 5.75 Å². The van der Waals surface area contributed by atoms with E-state index < -0.39 is 0 Å². The summed E-state index contributed by atoms with van der Waals surface area (Å²) in [7, 11) is 0. The van der Waals surface area contributed by atoms with Crippen LogP contribution in [0.1, 0.15) is 24.5 Å². The van der Waals surface area contributed by atoms with Gasteiger partial charge in [0.25, 0.3) is 0 Å². The molecule has 0 aliphatic carbocycles. The zero-order valence-corrected chi connectivity index (χ0v) is 14.8. The number of nitrogens with one attached hydrogen (secondary N) is 1. The molecule has 0 spiro atoms. The summed E-state index contributed by atoms with van der Waals surface area (Å²) in [5.74, 6) is 0.699. The number of fused-ring (bicyclic) bond motifs is 1. The van der Waals surface area contributed by atoms with Crippen molar-refractivity contribution in [2.24, 2.45) is 5.10 Å². The Hall–Kier alpha value is -3.14. The minimum atomic E-state index is -0.138. The van der Waals surface area contributed by atoms with Gasteiger partial charge in [-0.1, -0.05) is 49.4 Å². The van der Waals surface area contributed by atoms with Gasteiger partial charge in [-0.3, -0.25) is 4.79 Å². The first-order valence-corrected chi connectivity index (χ1v) is 8.77. The third-order valence-corrected chi connectivity index (χ3v) is 3.99. The van der Waals surface area contributed by atoms with E-state index in [4.69, 9.17) is 4.74 Å². The van der Waals surface area contributed by atoms with Gasteiger partial charge < -0.3 is 4.74 Å². The Morgan fingerprint density at radius 1 is 1.04 bits per heavy atom. The van der Waals surface area contributed by atoms with E-state index >= 15 is 0 Å². The monoisotopic (exact) mass is 346 g/mol. The molecule has 26 heavy (non-hydrogen) atoms. The topological polar surface area (TPSA) is 50.7 Å². The van der Waals surface area contributed by atoms with Gasteiger partial charge >= 0.3 is 0 Å². The summed E-state index contributed by atoms with van der Waals surface area (Å²) in [4.78, 5) is 12.2. The molecule has 0 aliphatic rings. The Balaban J connectivity index is 1.57. The normalized spacial score (nSPS) is 11.0. The molecule has 0 saturated heterocycles. The summed E-state index contributed by atoms with van der Waals surface area (Å²) in [6, 6.07) is 21.7. The van der Waals surface area contributed by atoms with Crippen LogP contribution in [0, 0.1) is 0 Å². The Bertz CT molecular complexity index is 896. The largest absolute Gasteiger partial charge is 0.494 e. The Labute approximate surface area is 153 Å². The van der Waals surface area contributed by atoms with Crippen LogP contribution in [0.25, 0.3) is 10.8 Å². The molecule has 0 aromatic heterocycles. The number of carbonyl (C=O) groups is 1. The van der Waals surface area contributed by atoms with Crippen LogP contribution in [0.3, 0.4) is 0 Å². The van der Waals surface area contributed by atoms with Gasteiger partial charge in [-0.2, -0.15) is 5.10 Å². The minimum Gasteiger partial charge on any atom is -0.494 e. The fourth-order valence-electron chi connectivity index (χ4n) is 2.71. The first-order chi connectivity index (χ1) is 12.8. The number of carbonyl (C=O) groups excluding carboxylic acids is 1. The standard InChI is InChI=1S/C22H22N2O2/c1-2-14-26-20-12-10-17(11-13-20)16-23-24-22(25)15-19-8-5-7-18-6-3-4-9-21(18)19/h3-13,16H,2,14-15H2,1H3,(H,24,25). The lowest BCUT2D eigenvalue weighted by Gasteiger charge is -2.05. The van der Waals surface area contributed by atoms with E-state index in [2.05, 4.69) is 17.5 Å². The summed E-state index contributed by atoms with van der Waals surface area (Å²) in [5.41, 5.74) is 4.49. The Kier molecular flexibility index (Phi) is 5.99. The van der Waals surface area contributed by atoms with Crippen molar-refractivity contribution >= 4 is 22.9 Å². The maximum atomic E-state index is 12.2. The molecule has 0 saturated carbocycles. The molecule has 0 atom stereocenters. The third kappa shape index (κ3) is 4.70. The molecule has 3 rings (SSSR count). The second kappa shape index (κ2) is 8.81. The smallest absolute Gasteiger partial charge is 0.244 e. The average molecular weight is 346 g/mol. The molecule has 1 N–H and O–H groups in total. The molecule has 4 nitrogen and oxygen atoms in total. The number of amides is 1. The lowest BCUT2D eigenvalue weighted by Crippen LogP contribution is -2.19. The maximum Gasteiger partial charge on any atom is 0.244 e. The lowest BCUT2D eigenvalue weighted by molar-refractivity contribution is -0.120. The number of hydrogen-bond donors (Lipinski definition) is 1. The van der Waals surface area contributed by atoms with E-state index in [1.807, 2.05) is 66.7 Å². The van der Waals surface area contributed by atoms with Crippen LogP contribution in [-0.4, -0.2) is 18.7 Å². The number of ether oxygens (including phenoxy) is 1. The van der Waals surface area contributed by atoms with Gasteiger partial charge in [0, 0.05) is 0 Å². The van der Waals surface area contributed by atoms with Gasteiger partial charge in [-0.05, 0) is 52.6 Å². The molecule has 0 fully saturated rings. The summed E-state index contributed by atoms with van der Waals surface area (Å²) >= 11 is 0. The highest BCUT2D eigenvalue weighted by Gasteiger charge is 2.05. The predicted octanol–water partition coefficient (Wildman–Crippen LogP) is 4.32. The van der Waals surface area contributed by atoms with Crippen molar-refractivity contribution in [2.45, 2.75) is 19.8 Å². The number of benzene rings is 3. The summed E-state index contributed by atoms with van der Waals surface area (Å²) < 4.78 is 5.54. The quantitative estimate of drug-likeness (QED) is 0.512. The second-order valence-corrected chi connectivity index (χ2v) is 6.03. The molecule has 0 bridgehead atoms. The van der Waals surface area contributed by atoms with Crippen molar-refractivity contribution in [2.75, 3.05) is 6.61 Å². The number of hydrazone groups is 1. The summed E-state index contributed by atoms with van der Waals surface area (Å²) in [5, 5.41) is 6.27. The first kappa shape index (κ1) is 17.7. The molecule has 3 aromatic carbocycles. The molecule has 132 valence electrons. The number of hydrogen-bond acceptors (Lipinski definition) is 3. The van der Waals surface area contributed by atoms with Gasteiger partial charge in [0.1, 0.15) is 5.75 Å². The molecule has 0 unspecified atom stereocenters. The molecule has 0 aliphatic heterocycles. The van der Waals surface area contributed by atoms with Gasteiger partial charge in [0.15, 0.2) is 0 Å². The number of rotatable bonds is 7. The van der Waals surface area contributed by atoms with Crippen LogP contribution in [0.2, 0.25) is 0 Å². The fraction of sp³-hybridized carbons (Fsp3) is 0.182. The van der Waals surface area contributed by atoms with Crippen LogP contribution in [0.4, 0.5) is 0 Å². The van der Waals surface area contributed by atoms with E-state index in [9.17, 15) is 4.79 Å². The van der Waals surface area contributed by atoms with Crippen molar-refractivity contribution in [3.8, 4) is 5.75 Å². The SMILES string of the molecule is CCCOc1ccc(C=NNC(=O)Cc2cccc3ccccc23)cc1. The summed E-state index contributed by atoms with van der Waals surface area (Å²) in [6.07, 6.45) is 2.90. The zero-order valence-electron chi connectivity index (χ0n) is 14.8. The molecular formula is C22H22N2O2. The minimum absolute atomic E-state index is 0.138. The molecule has 0 radical (unpaired) electrons. The van der Waals surface area contributed by atoms with Gasteiger partial charge in [-0.15, -0.1) is 0 Å². The highest BCUT2D eigenvalue weighted by Crippen LogP contribution is 2.18. The average Bonchev–Trinajstić information content (AvgIpc) is 2.68.